The number of ether oxygens (including phenoxy) is 2. The monoisotopic (exact) mass is 422 g/mol. The van der Waals surface area contributed by atoms with Crippen LogP contribution in [0.5, 0.6) is 5.75 Å². The van der Waals surface area contributed by atoms with Crippen LogP contribution >= 0.6 is 11.3 Å². The predicted molar refractivity (Wildman–Crippen MR) is 119 cm³/mol. The Morgan fingerprint density at radius 2 is 2.10 bits per heavy atom. The van der Waals surface area contributed by atoms with Crippen LogP contribution in [0.3, 0.4) is 0 Å². The summed E-state index contributed by atoms with van der Waals surface area (Å²) in [6.45, 7) is 7.33. The van der Waals surface area contributed by atoms with Crippen molar-refractivity contribution in [3.63, 3.8) is 0 Å². The summed E-state index contributed by atoms with van der Waals surface area (Å²) in [6, 6.07) is 14.6. The molecule has 1 aromatic heterocycles. The minimum absolute atomic E-state index is 0.129. The fourth-order valence-electron chi connectivity index (χ4n) is 4.61. The fraction of sp³-hybridized carbons (Fsp3) is 0.375. The highest BCUT2D eigenvalue weighted by molar-refractivity contribution is 7.21. The highest BCUT2D eigenvalue weighted by Crippen LogP contribution is 2.39. The highest BCUT2D eigenvalue weighted by Gasteiger charge is 2.31. The van der Waals surface area contributed by atoms with Crippen LogP contribution in [-0.2, 0) is 17.7 Å². The number of carbonyl (C=O) groups excluding carboxylic acids is 1. The molecule has 2 N–H and O–H groups in total. The quantitative estimate of drug-likeness (QED) is 0.681. The average Bonchev–Trinajstić information content (AvgIpc) is 3.24. The third kappa shape index (κ3) is 3.60. The number of nitrogens with two attached hydrogens (primary N) is 1. The van der Waals surface area contributed by atoms with Crippen LogP contribution in [0.1, 0.15) is 46.3 Å². The summed E-state index contributed by atoms with van der Waals surface area (Å²) in [4.78, 5) is 15.1. The molecule has 0 bridgehead atoms. The number of rotatable bonds is 4. The number of morpholine rings is 1. The smallest absolute Gasteiger partial charge is 0.259 e. The van der Waals surface area contributed by atoms with Gasteiger partial charge in [-0.15, -0.1) is 11.3 Å². The maximum Gasteiger partial charge on any atom is 0.259 e. The number of primary amides is 1. The first-order valence-electron chi connectivity index (χ1n) is 10.4. The Morgan fingerprint density at radius 1 is 1.27 bits per heavy atom. The number of thiophene rings is 1. The third-order valence-corrected chi connectivity index (χ3v) is 7.06. The summed E-state index contributed by atoms with van der Waals surface area (Å²) in [6.07, 6.45) is 0.777. The molecule has 1 amide bonds. The lowest BCUT2D eigenvalue weighted by Gasteiger charge is -2.33. The number of hydrogen-bond donors (Lipinski definition) is 1. The molecule has 3 heterocycles. The van der Waals surface area contributed by atoms with Crippen LogP contribution in [0, 0.1) is 0 Å². The van der Waals surface area contributed by atoms with Gasteiger partial charge in [-0.3, -0.25) is 9.69 Å². The van der Waals surface area contributed by atoms with Crippen LogP contribution in [0.15, 0.2) is 42.5 Å². The molecule has 5 rings (SSSR count). The Kier molecular flexibility index (Phi) is 4.81. The Bertz CT molecular complexity index is 1120. The minimum Gasteiger partial charge on any atom is -0.487 e. The van der Waals surface area contributed by atoms with Crippen LogP contribution in [-0.4, -0.2) is 36.1 Å². The van der Waals surface area contributed by atoms with Crippen molar-refractivity contribution >= 4 is 27.3 Å². The number of fused-ring (bicyclic) bond motifs is 2. The van der Waals surface area contributed by atoms with Gasteiger partial charge in [0.25, 0.3) is 5.91 Å². The number of amides is 1. The van der Waals surface area contributed by atoms with E-state index < -0.39 is 0 Å². The van der Waals surface area contributed by atoms with Crippen LogP contribution < -0.4 is 10.5 Å². The molecule has 156 valence electrons. The second kappa shape index (κ2) is 7.38. The number of nitrogens with zero attached hydrogens (tertiary/aromatic N) is 1. The van der Waals surface area contributed by atoms with E-state index in [1.165, 1.54) is 22.5 Å². The lowest BCUT2D eigenvalue weighted by atomic mass is 9.99. The molecular formula is C24H26N2O3S. The average molecular weight is 423 g/mol. The van der Waals surface area contributed by atoms with Gasteiger partial charge in [-0.05, 0) is 42.5 Å². The molecule has 5 nitrogen and oxygen atoms in total. The Morgan fingerprint density at radius 3 is 2.93 bits per heavy atom. The molecule has 0 saturated carbocycles. The first-order chi connectivity index (χ1) is 14.4. The predicted octanol–water partition coefficient (Wildman–Crippen LogP) is 4.29. The third-order valence-electron chi connectivity index (χ3n) is 5.86. The van der Waals surface area contributed by atoms with Crippen molar-refractivity contribution in [3.8, 4) is 5.75 Å². The summed E-state index contributed by atoms with van der Waals surface area (Å²) in [5.41, 5.74) is 9.08. The number of hydrogen-bond acceptors (Lipinski definition) is 5. The Balaban J connectivity index is 1.38. The van der Waals surface area contributed by atoms with E-state index in [9.17, 15) is 4.79 Å². The molecule has 2 aliphatic rings. The van der Waals surface area contributed by atoms with E-state index in [1.54, 1.807) is 0 Å². The summed E-state index contributed by atoms with van der Waals surface area (Å²) in [5.74, 6) is 0.618. The van der Waals surface area contributed by atoms with Crippen molar-refractivity contribution in [2.45, 2.75) is 38.5 Å². The summed E-state index contributed by atoms with van der Waals surface area (Å²) >= 11 is 1.46. The molecule has 1 fully saturated rings. The molecule has 30 heavy (non-hydrogen) atoms. The maximum atomic E-state index is 12.1. The highest BCUT2D eigenvalue weighted by atomic mass is 32.1. The Hall–Kier alpha value is -2.41. The molecule has 0 aliphatic carbocycles. The van der Waals surface area contributed by atoms with Gasteiger partial charge in [0.2, 0.25) is 0 Å². The maximum absolute atomic E-state index is 12.1. The number of carbonyl (C=O) groups is 1. The minimum atomic E-state index is -0.381. The number of benzene rings is 2. The molecule has 1 saturated heterocycles. The zero-order chi connectivity index (χ0) is 20.9. The van der Waals surface area contributed by atoms with E-state index in [2.05, 4.69) is 43.0 Å². The summed E-state index contributed by atoms with van der Waals surface area (Å²) in [5, 5.41) is 1.07. The molecule has 0 radical (unpaired) electrons. The van der Waals surface area contributed by atoms with Gasteiger partial charge in [0, 0.05) is 36.3 Å². The van der Waals surface area contributed by atoms with Gasteiger partial charge in [0.15, 0.2) is 0 Å². The molecule has 2 aromatic carbocycles. The van der Waals surface area contributed by atoms with Crippen LogP contribution in [0.4, 0.5) is 0 Å². The zero-order valence-corrected chi connectivity index (χ0v) is 18.1. The van der Waals surface area contributed by atoms with Crippen molar-refractivity contribution in [3.05, 3.63) is 64.0 Å². The van der Waals surface area contributed by atoms with Crippen LogP contribution in [0.2, 0.25) is 0 Å². The van der Waals surface area contributed by atoms with Crippen molar-refractivity contribution < 1.29 is 14.3 Å². The van der Waals surface area contributed by atoms with E-state index >= 15 is 0 Å². The lowest BCUT2D eigenvalue weighted by molar-refractivity contribution is -0.0323. The SMILES string of the molecule is CC1(C)Cc2cc(CN3CCO[C@H](c4c(C(N)=O)sc5ccccc45)C3)ccc2O1. The van der Waals surface area contributed by atoms with Gasteiger partial charge in [-0.1, -0.05) is 30.3 Å². The normalized spacial score (nSPS) is 20.8. The van der Waals surface area contributed by atoms with Crippen molar-refractivity contribution in [2.24, 2.45) is 5.73 Å². The Labute approximate surface area is 180 Å². The largest absolute Gasteiger partial charge is 0.487 e. The van der Waals surface area contributed by atoms with Gasteiger partial charge in [-0.25, -0.2) is 0 Å². The van der Waals surface area contributed by atoms with Crippen molar-refractivity contribution in [1.29, 1.82) is 0 Å². The fourth-order valence-corrected chi connectivity index (χ4v) is 5.71. The van der Waals surface area contributed by atoms with E-state index in [1.807, 2.05) is 18.2 Å². The van der Waals surface area contributed by atoms with Gasteiger partial charge in [-0.2, -0.15) is 0 Å². The molecule has 0 spiro atoms. The molecule has 1 atom stereocenters. The second-order valence-corrected chi connectivity index (χ2v) is 9.83. The molecule has 3 aromatic rings. The molecule has 2 aliphatic heterocycles. The van der Waals surface area contributed by atoms with Gasteiger partial charge in [0.1, 0.15) is 11.4 Å². The van der Waals surface area contributed by atoms with E-state index in [0.717, 1.165) is 47.5 Å². The van der Waals surface area contributed by atoms with Gasteiger partial charge >= 0.3 is 0 Å². The molecular weight excluding hydrogens is 396 g/mol. The summed E-state index contributed by atoms with van der Waals surface area (Å²) < 4.78 is 13.2. The first kappa shape index (κ1) is 19.5. The molecule has 0 unspecified atom stereocenters. The lowest BCUT2D eigenvalue weighted by Crippen LogP contribution is -2.38. The van der Waals surface area contributed by atoms with Gasteiger partial charge in [0.05, 0.1) is 17.6 Å². The van der Waals surface area contributed by atoms with Gasteiger partial charge < -0.3 is 15.2 Å². The van der Waals surface area contributed by atoms with Crippen LogP contribution in [0.25, 0.3) is 10.1 Å². The van der Waals surface area contributed by atoms with E-state index in [0.29, 0.717) is 11.5 Å². The van der Waals surface area contributed by atoms with Crippen molar-refractivity contribution in [2.75, 3.05) is 19.7 Å². The first-order valence-corrected chi connectivity index (χ1v) is 11.2. The molecule has 6 heteroatoms. The zero-order valence-electron chi connectivity index (χ0n) is 17.3. The summed E-state index contributed by atoms with van der Waals surface area (Å²) in [7, 11) is 0. The second-order valence-electron chi connectivity index (χ2n) is 8.78. The topological polar surface area (TPSA) is 64.8 Å². The standard InChI is InChI=1S/C24H26N2O3S/c1-24(2)12-16-11-15(7-8-18(16)29-24)13-26-9-10-28-19(14-26)21-17-5-3-4-6-20(17)30-22(21)23(25)27/h3-8,11,19H,9-10,12-14H2,1-2H3,(H2,25,27)/t19-/m0/s1. The van der Waals surface area contributed by atoms with E-state index in [4.69, 9.17) is 15.2 Å². The van der Waals surface area contributed by atoms with E-state index in [-0.39, 0.29) is 17.6 Å². The van der Waals surface area contributed by atoms with Crippen molar-refractivity contribution in [1.82, 2.24) is 4.90 Å².